The summed E-state index contributed by atoms with van der Waals surface area (Å²) >= 11 is 0. The molecule has 31 heavy (non-hydrogen) atoms. The number of methoxy groups -OCH3 is 1. The van der Waals surface area contributed by atoms with Crippen LogP contribution in [0.15, 0.2) is 29.2 Å². The number of carbonyl (C=O) groups is 2. The van der Waals surface area contributed by atoms with Crippen molar-refractivity contribution in [2.24, 2.45) is 11.8 Å². The van der Waals surface area contributed by atoms with E-state index in [4.69, 9.17) is 4.74 Å². The van der Waals surface area contributed by atoms with Crippen LogP contribution >= 0.6 is 0 Å². The molecule has 1 aromatic rings. The van der Waals surface area contributed by atoms with E-state index in [9.17, 15) is 22.4 Å². The van der Waals surface area contributed by atoms with Crippen molar-refractivity contribution in [1.29, 1.82) is 0 Å². The van der Waals surface area contributed by atoms with Crippen LogP contribution in [0.3, 0.4) is 0 Å². The number of esters is 1. The highest BCUT2D eigenvalue weighted by Gasteiger charge is 2.49. The Morgan fingerprint density at radius 3 is 2.42 bits per heavy atom. The highest BCUT2D eigenvalue weighted by molar-refractivity contribution is 7.89. The van der Waals surface area contributed by atoms with Crippen molar-refractivity contribution in [1.82, 2.24) is 9.21 Å². The van der Waals surface area contributed by atoms with Gasteiger partial charge in [0.05, 0.1) is 7.11 Å². The molecule has 3 aliphatic rings. The first-order valence-electron chi connectivity index (χ1n) is 11.0. The molecule has 3 fully saturated rings. The number of amides is 1. The van der Waals surface area contributed by atoms with E-state index >= 15 is 0 Å². The topological polar surface area (TPSA) is 84.0 Å². The monoisotopic (exact) mass is 452 g/mol. The minimum absolute atomic E-state index is 0.0607. The van der Waals surface area contributed by atoms with Gasteiger partial charge in [-0.05, 0) is 50.2 Å². The lowest BCUT2D eigenvalue weighted by atomic mass is 9.84. The molecule has 0 bridgehead atoms. The van der Waals surface area contributed by atoms with Gasteiger partial charge in [0.2, 0.25) is 15.9 Å². The van der Waals surface area contributed by atoms with Gasteiger partial charge in [0.1, 0.15) is 16.8 Å². The van der Waals surface area contributed by atoms with Gasteiger partial charge in [-0.15, -0.1) is 0 Å². The van der Waals surface area contributed by atoms with Gasteiger partial charge in [0.15, 0.2) is 0 Å². The fraction of sp³-hybridized carbons (Fsp3) is 0.636. The van der Waals surface area contributed by atoms with Gasteiger partial charge in [-0.2, -0.15) is 4.31 Å². The zero-order chi connectivity index (χ0) is 22.2. The molecule has 9 heteroatoms. The quantitative estimate of drug-likeness (QED) is 0.656. The highest BCUT2D eigenvalue weighted by atomic mass is 32.2. The van der Waals surface area contributed by atoms with Gasteiger partial charge in [0.25, 0.3) is 0 Å². The summed E-state index contributed by atoms with van der Waals surface area (Å²) < 4.78 is 46.0. The number of hydrogen-bond donors (Lipinski definition) is 0. The molecule has 1 amide bonds. The smallest absolute Gasteiger partial charge is 0.328 e. The van der Waals surface area contributed by atoms with E-state index in [0.717, 1.165) is 31.7 Å². The molecule has 1 aliphatic carbocycles. The van der Waals surface area contributed by atoms with E-state index in [2.05, 4.69) is 0 Å². The number of ether oxygens (including phenoxy) is 1. The molecule has 1 saturated carbocycles. The largest absolute Gasteiger partial charge is 0.467 e. The lowest BCUT2D eigenvalue weighted by Crippen LogP contribution is -2.51. The molecule has 2 saturated heterocycles. The van der Waals surface area contributed by atoms with Crippen molar-refractivity contribution >= 4 is 21.9 Å². The van der Waals surface area contributed by atoms with E-state index in [0.29, 0.717) is 25.2 Å². The van der Waals surface area contributed by atoms with Crippen LogP contribution < -0.4 is 0 Å². The van der Waals surface area contributed by atoms with Crippen molar-refractivity contribution in [3.8, 4) is 0 Å². The van der Waals surface area contributed by atoms with E-state index in [1.807, 2.05) is 0 Å². The van der Waals surface area contributed by atoms with Crippen LogP contribution in [0.25, 0.3) is 0 Å². The molecule has 0 spiro atoms. The fourth-order valence-corrected chi connectivity index (χ4v) is 7.01. The molecule has 7 nitrogen and oxygen atoms in total. The third kappa shape index (κ3) is 4.09. The van der Waals surface area contributed by atoms with E-state index in [1.54, 1.807) is 4.90 Å². The maximum Gasteiger partial charge on any atom is 0.328 e. The predicted molar refractivity (Wildman–Crippen MR) is 111 cm³/mol. The number of sulfonamides is 1. The molecule has 1 aromatic carbocycles. The van der Waals surface area contributed by atoms with E-state index < -0.39 is 21.9 Å². The normalized spacial score (nSPS) is 27.7. The molecule has 4 rings (SSSR count). The molecule has 3 unspecified atom stereocenters. The SMILES string of the molecule is COC(=O)C1CC2CCCCC2N1C(=O)C1CCN(S(=O)(=O)c2ccccc2F)CC1. The Bertz CT molecular complexity index is 945. The number of nitrogens with zero attached hydrogens (tertiary/aromatic N) is 2. The lowest BCUT2D eigenvalue weighted by Gasteiger charge is -2.38. The van der Waals surface area contributed by atoms with Gasteiger partial charge < -0.3 is 9.64 Å². The Labute approximate surface area is 182 Å². The molecular weight excluding hydrogens is 423 g/mol. The zero-order valence-corrected chi connectivity index (χ0v) is 18.5. The Morgan fingerprint density at radius 1 is 1.06 bits per heavy atom. The second-order valence-electron chi connectivity index (χ2n) is 8.74. The van der Waals surface area contributed by atoms with Gasteiger partial charge in [-0.1, -0.05) is 25.0 Å². The summed E-state index contributed by atoms with van der Waals surface area (Å²) in [6, 6.07) is 4.84. The first-order valence-corrected chi connectivity index (χ1v) is 12.4. The second kappa shape index (κ2) is 8.86. The first kappa shape index (κ1) is 22.2. The van der Waals surface area contributed by atoms with Crippen molar-refractivity contribution < 1.29 is 27.1 Å². The standard InChI is InChI=1S/C22H29FN2O5S/c1-30-22(27)19-14-16-6-2-4-8-18(16)25(19)21(26)15-10-12-24(13-11-15)31(28,29)20-9-5-3-7-17(20)23/h3,5,7,9,15-16,18-19H,2,4,6,8,10-14H2,1H3. The van der Waals surface area contributed by atoms with Gasteiger partial charge in [-0.25, -0.2) is 17.6 Å². The van der Waals surface area contributed by atoms with Gasteiger partial charge in [0, 0.05) is 25.0 Å². The molecule has 2 heterocycles. The molecular formula is C22H29FN2O5S. The molecule has 0 N–H and O–H groups in total. The second-order valence-corrected chi connectivity index (χ2v) is 10.6. The van der Waals surface area contributed by atoms with Crippen molar-refractivity contribution in [2.45, 2.75) is 61.9 Å². The van der Waals surface area contributed by atoms with Crippen molar-refractivity contribution in [3.05, 3.63) is 30.1 Å². The Kier molecular flexibility index (Phi) is 6.35. The number of piperidine rings is 1. The van der Waals surface area contributed by atoms with Crippen LogP contribution in [0.1, 0.15) is 44.9 Å². The highest BCUT2D eigenvalue weighted by Crippen LogP contribution is 2.41. The van der Waals surface area contributed by atoms with Crippen LogP contribution in [-0.2, 0) is 24.3 Å². The van der Waals surface area contributed by atoms with Crippen molar-refractivity contribution in [3.63, 3.8) is 0 Å². The number of rotatable bonds is 4. The Morgan fingerprint density at radius 2 is 1.74 bits per heavy atom. The fourth-order valence-electron chi connectivity index (χ4n) is 5.47. The van der Waals surface area contributed by atoms with E-state index in [-0.39, 0.29) is 41.8 Å². The maximum absolute atomic E-state index is 14.0. The number of hydrogen-bond acceptors (Lipinski definition) is 5. The van der Waals surface area contributed by atoms with Crippen LogP contribution in [0.2, 0.25) is 0 Å². The average molecular weight is 453 g/mol. The molecule has 3 atom stereocenters. The maximum atomic E-state index is 14.0. The number of halogens is 1. The summed E-state index contributed by atoms with van der Waals surface area (Å²) in [5.41, 5.74) is 0. The molecule has 2 aliphatic heterocycles. The molecule has 170 valence electrons. The number of likely N-dealkylation sites (tertiary alicyclic amines) is 1. The van der Waals surface area contributed by atoms with Gasteiger partial charge >= 0.3 is 5.97 Å². The summed E-state index contributed by atoms with van der Waals surface area (Å²) in [5, 5.41) is 0. The Balaban J connectivity index is 1.47. The lowest BCUT2D eigenvalue weighted by molar-refractivity contribution is -0.154. The third-order valence-corrected chi connectivity index (χ3v) is 9.01. The van der Waals surface area contributed by atoms with Crippen molar-refractivity contribution in [2.75, 3.05) is 20.2 Å². The summed E-state index contributed by atoms with van der Waals surface area (Å²) in [7, 11) is -2.60. The first-order chi connectivity index (χ1) is 14.8. The minimum Gasteiger partial charge on any atom is -0.467 e. The number of carbonyl (C=O) groups excluding carboxylic acids is 2. The Hall–Kier alpha value is -2.00. The number of fused-ring (bicyclic) bond motifs is 1. The van der Waals surface area contributed by atoms with Crippen LogP contribution in [0, 0.1) is 17.7 Å². The summed E-state index contributed by atoms with van der Waals surface area (Å²) in [6.45, 7) is 0.301. The number of benzene rings is 1. The van der Waals surface area contributed by atoms with Crippen LogP contribution in [0.5, 0.6) is 0 Å². The van der Waals surface area contributed by atoms with Crippen LogP contribution in [-0.4, -0.2) is 61.8 Å². The molecule has 0 aromatic heterocycles. The summed E-state index contributed by atoms with van der Waals surface area (Å²) in [4.78, 5) is 27.3. The summed E-state index contributed by atoms with van der Waals surface area (Å²) in [6.07, 6.45) is 5.42. The third-order valence-electron chi connectivity index (χ3n) is 7.07. The van der Waals surface area contributed by atoms with E-state index in [1.165, 1.54) is 29.6 Å². The van der Waals surface area contributed by atoms with Gasteiger partial charge in [-0.3, -0.25) is 4.79 Å². The molecule has 0 radical (unpaired) electrons. The minimum atomic E-state index is -3.95. The zero-order valence-electron chi connectivity index (χ0n) is 17.7. The average Bonchev–Trinajstić information content (AvgIpc) is 3.18. The predicted octanol–water partition coefficient (Wildman–Crippen LogP) is 2.56. The summed E-state index contributed by atoms with van der Waals surface area (Å²) in [5.74, 6) is -1.25. The van der Waals surface area contributed by atoms with Crippen LogP contribution in [0.4, 0.5) is 4.39 Å².